The van der Waals surface area contributed by atoms with Crippen LogP contribution in [0.1, 0.15) is 130 Å². The Kier molecular flexibility index (Phi) is 33.8. The van der Waals surface area contributed by atoms with Gasteiger partial charge in [0.2, 0.25) is 20.0 Å². The van der Waals surface area contributed by atoms with Crippen LogP contribution in [0.3, 0.4) is 0 Å². The van der Waals surface area contributed by atoms with Gasteiger partial charge in [-0.2, -0.15) is 8.61 Å². The normalized spacial score (nSPS) is 11.9. The Morgan fingerprint density at radius 3 is 0.922 bits per heavy atom. The minimum absolute atomic E-state index is 0. The lowest BCUT2D eigenvalue weighted by molar-refractivity contribution is -0.156. The number of likely N-dealkylation sites (N-methyl/N-ethyl adjacent to an activating group) is 2. The molecule has 0 saturated carbocycles. The third-order valence-electron chi connectivity index (χ3n) is 10.7. The number of ether oxygens (including phenoxy) is 2. The number of nitrogens with zero attached hydrogens (tertiary/aromatic N) is 4. The molecule has 0 bridgehead atoms. The van der Waals surface area contributed by atoms with Gasteiger partial charge in [0.25, 0.3) is 0 Å². The molecule has 370 valence electrons. The molecule has 0 aliphatic carbocycles. The molecular weight excluding hydrogens is 1170 g/mol. The topological polar surface area (TPSA) is 134 Å². The molecule has 0 fully saturated rings. The van der Waals surface area contributed by atoms with Gasteiger partial charge in [-0.1, -0.05) is 105 Å². The van der Waals surface area contributed by atoms with Crippen molar-refractivity contribution in [3.8, 4) is 11.5 Å². The van der Waals surface area contributed by atoms with E-state index in [1.807, 2.05) is 0 Å². The Hall–Kier alpha value is -0.380. The van der Waals surface area contributed by atoms with Gasteiger partial charge in [-0.25, -0.2) is 26.4 Å². The van der Waals surface area contributed by atoms with E-state index >= 15 is 0 Å². The number of benzene rings is 2. The lowest BCUT2D eigenvalue weighted by Gasteiger charge is -2.26. The van der Waals surface area contributed by atoms with Crippen LogP contribution in [0.5, 0.6) is 11.5 Å². The van der Waals surface area contributed by atoms with Crippen molar-refractivity contribution in [2.75, 3.05) is 66.5 Å². The molecule has 12 nitrogen and oxygen atoms in total. The van der Waals surface area contributed by atoms with Crippen molar-refractivity contribution in [1.82, 2.24) is 18.4 Å². The van der Waals surface area contributed by atoms with Gasteiger partial charge < -0.3 is 19.3 Å². The average molecular weight is 1240 g/mol. The van der Waals surface area contributed by atoms with Gasteiger partial charge in [0.05, 0.1) is 27.7 Å². The number of esters is 2. The van der Waals surface area contributed by atoms with Crippen molar-refractivity contribution in [2.45, 2.75) is 140 Å². The zero-order valence-electron chi connectivity index (χ0n) is 38.5. The molecule has 0 atom stereocenters. The number of halogens is 6. The smallest absolute Gasteiger partial charge is 0.416 e. The van der Waals surface area contributed by atoms with E-state index in [1.165, 1.54) is 58.6 Å². The maximum Gasteiger partial charge on any atom is 0.423 e. The summed E-state index contributed by atoms with van der Waals surface area (Å²) in [5.74, 6) is -3.02. The van der Waals surface area contributed by atoms with Gasteiger partial charge in [0.15, 0.2) is 11.5 Å². The van der Waals surface area contributed by atoms with Crippen LogP contribution in [0.15, 0.2) is 51.9 Å². The van der Waals surface area contributed by atoms with E-state index in [-0.39, 0.29) is 64.0 Å². The van der Waals surface area contributed by atoms with Gasteiger partial charge >= 0.3 is 11.9 Å². The summed E-state index contributed by atoms with van der Waals surface area (Å²) in [5, 5.41) is 0. The molecule has 0 unspecified atom stereocenters. The molecular formula is C44H72Br4Cl2N4O8S2. The summed E-state index contributed by atoms with van der Waals surface area (Å²) < 4.78 is 68.6. The van der Waals surface area contributed by atoms with Gasteiger partial charge in [-0.05, 0) is 140 Å². The van der Waals surface area contributed by atoms with E-state index in [4.69, 9.17) is 9.47 Å². The van der Waals surface area contributed by atoms with Gasteiger partial charge in [-0.3, -0.25) is 0 Å². The first-order valence-corrected chi connectivity index (χ1v) is 28.3. The molecule has 20 heteroatoms. The van der Waals surface area contributed by atoms with E-state index in [2.05, 4.69) is 101 Å². The molecule has 0 aliphatic heterocycles. The van der Waals surface area contributed by atoms with E-state index in [9.17, 15) is 26.4 Å². The molecule has 0 amide bonds. The number of unbranched alkanes of at least 4 members (excludes halogenated alkanes) is 12. The maximum absolute atomic E-state index is 13.7. The van der Waals surface area contributed by atoms with Crippen molar-refractivity contribution in [2.24, 2.45) is 0 Å². The van der Waals surface area contributed by atoms with Gasteiger partial charge in [0, 0.05) is 40.3 Å². The second-order valence-electron chi connectivity index (χ2n) is 15.8. The summed E-state index contributed by atoms with van der Waals surface area (Å²) in [5.41, 5.74) is 0. The molecule has 0 spiro atoms. The monoisotopic (exact) mass is 1230 g/mol. The number of hydrogen-bond acceptors (Lipinski definition) is 10. The molecule has 0 N–H and O–H groups in total. The second kappa shape index (κ2) is 34.0. The highest BCUT2D eigenvalue weighted by Gasteiger charge is 2.29. The highest BCUT2D eigenvalue weighted by molar-refractivity contribution is 9.11. The van der Waals surface area contributed by atoms with Crippen LogP contribution in [0, 0.1) is 0 Å². The standard InChI is InChI=1S/C44H70Br4N4O8S2.2ClH/c1-7-11-15-19-23-51(24-20-16-12-8-2)29-27-49(5)61(55,56)35-31-37(45)41(38(46)32-35)59-43(53)44(54)60-42-39(47)33-36(34-40(42)48)62(57,58)50(6)28-30-52(25-21-17-13-9-3)26-22-18-14-10-4;;/h31-34H,7-30H2,1-6H3;2*1H. The number of hydrogen-bond donors (Lipinski definition) is 0. The van der Waals surface area contributed by atoms with Crippen LogP contribution in [0.25, 0.3) is 0 Å². The van der Waals surface area contributed by atoms with Crippen LogP contribution in [-0.4, -0.2) is 114 Å². The van der Waals surface area contributed by atoms with E-state index < -0.39 is 32.0 Å². The first-order valence-electron chi connectivity index (χ1n) is 22.2. The lowest BCUT2D eigenvalue weighted by atomic mass is 10.1. The maximum atomic E-state index is 13.7. The highest BCUT2D eigenvalue weighted by atomic mass is 79.9. The zero-order valence-corrected chi connectivity index (χ0v) is 48.1. The summed E-state index contributed by atoms with van der Waals surface area (Å²) >= 11 is 13.3. The summed E-state index contributed by atoms with van der Waals surface area (Å²) in [4.78, 5) is 30.7. The molecule has 0 aliphatic rings. The molecule has 2 aromatic carbocycles. The SMILES string of the molecule is CCCCCCN(CCCCCC)CCN(C)S(=O)(=O)c1cc(Br)c(OC(=O)C(=O)Oc2c(Br)cc(S(=O)(=O)N(C)CCN(CCCCCC)CCCCCC)cc2Br)c(Br)c1.Cl.Cl. The largest absolute Gasteiger partial charge is 0.423 e. The fourth-order valence-corrected chi connectivity index (χ4v) is 12.5. The Balaban J connectivity index is 0.0000198. The lowest BCUT2D eigenvalue weighted by Crippen LogP contribution is -2.37. The fraction of sp³-hybridized carbons (Fsp3) is 0.682. The molecule has 2 aromatic rings. The summed E-state index contributed by atoms with van der Waals surface area (Å²) in [7, 11) is -4.77. The Morgan fingerprint density at radius 1 is 0.438 bits per heavy atom. The minimum atomic E-state index is -3.93. The first kappa shape index (κ1) is 63.6. The molecule has 0 saturated heterocycles. The van der Waals surface area contributed by atoms with Crippen molar-refractivity contribution < 1.29 is 35.9 Å². The number of rotatable bonds is 32. The zero-order chi connectivity index (χ0) is 46.3. The van der Waals surface area contributed by atoms with Crippen LogP contribution in [0.4, 0.5) is 0 Å². The highest BCUT2D eigenvalue weighted by Crippen LogP contribution is 2.39. The van der Waals surface area contributed by atoms with Gasteiger partial charge in [0.1, 0.15) is 0 Å². The molecule has 2 rings (SSSR count). The van der Waals surface area contributed by atoms with E-state index in [0.717, 1.165) is 103 Å². The molecule has 64 heavy (non-hydrogen) atoms. The Labute approximate surface area is 431 Å². The number of carbonyl (C=O) groups excluding carboxylic acids is 2. The van der Waals surface area contributed by atoms with Crippen molar-refractivity contribution in [3.63, 3.8) is 0 Å². The summed E-state index contributed by atoms with van der Waals surface area (Å²) in [6.07, 6.45) is 18.3. The van der Waals surface area contributed by atoms with Crippen LogP contribution < -0.4 is 9.47 Å². The van der Waals surface area contributed by atoms with Gasteiger partial charge in [-0.15, -0.1) is 24.8 Å². The Morgan fingerprint density at radius 2 is 0.688 bits per heavy atom. The minimum Gasteiger partial charge on any atom is -0.416 e. The van der Waals surface area contributed by atoms with Crippen molar-refractivity contribution in [1.29, 1.82) is 0 Å². The fourth-order valence-electron chi connectivity index (χ4n) is 6.72. The summed E-state index contributed by atoms with van der Waals surface area (Å²) in [6.45, 7) is 14.2. The van der Waals surface area contributed by atoms with Crippen LogP contribution in [-0.2, 0) is 29.6 Å². The third-order valence-corrected chi connectivity index (χ3v) is 16.7. The predicted molar refractivity (Wildman–Crippen MR) is 279 cm³/mol. The Bertz CT molecular complexity index is 1710. The second-order valence-corrected chi connectivity index (χ2v) is 23.3. The average Bonchev–Trinajstić information content (AvgIpc) is 3.23. The number of sulfonamides is 2. The molecule has 0 aromatic heterocycles. The first-order chi connectivity index (χ1) is 29.4. The van der Waals surface area contributed by atoms with Crippen molar-refractivity contribution in [3.05, 3.63) is 42.2 Å². The quantitative estimate of drug-likeness (QED) is 0.0302. The number of carbonyl (C=O) groups is 2. The summed E-state index contributed by atoms with van der Waals surface area (Å²) in [6, 6.07) is 5.28. The molecule has 0 radical (unpaired) electrons. The third kappa shape index (κ3) is 21.9. The molecule has 0 heterocycles. The van der Waals surface area contributed by atoms with E-state index in [1.54, 1.807) is 14.1 Å². The van der Waals surface area contributed by atoms with E-state index in [0.29, 0.717) is 26.2 Å². The van der Waals surface area contributed by atoms with Crippen LogP contribution in [0.2, 0.25) is 0 Å². The van der Waals surface area contributed by atoms with Crippen LogP contribution >= 0.6 is 88.5 Å². The predicted octanol–water partition coefficient (Wildman–Crippen LogP) is 12.3. The van der Waals surface area contributed by atoms with Crippen molar-refractivity contribution >= 4 is 121 Å².